The number of halogens is 1. The van der Waals surface area contributed by atoms with E-state index in [0.29, 0.717) is 5.82 Å². The lowest BCUT2D eigenvalue weighted by atomic mass is 10.3. The Morgan fingerprint density at radius 3 is 2.85 bits per heavy atom. The molecule has 0 aliphatic rings. The topological polar surface area (TPSA) is 59.0 Å². The number of aryl methyl sites for hydroxylation is 2. The van der Waals surface area contributed by atoms with E-state index in [1.165, 1.54) is 11.3 Å². The highest BCUT2D eigenvalue weighted by atomic mass is 35.5. The Kier molecular flexibility index (Phi) is 4.80. The fourth-order valence-electron chi connectivity index (χ4n) is 1.82. The van der Waals surface area contributed by atoms with Crippen molar-refractivity contribution < 1.29 is 4.79 Å². The van der Waals surface area contributed by atoms with Gasteiger partial charge < -0.3 is 10.6 Å². The van der Waals surface area contributed by atoms with E-state index >= 15 is 0 Å². The molecule has 0 aliphatic carbocycles. The molecule has 7 heteroatoms. The molecule has 0 saturated carbocycles. The first-order valence-electron chi connectivity index (χ1n) is 6.25. The average molecular weight is 313 g/mol. The van der Waals surface area contributed by atoms with E-state index in [9.17, 15) is 4.79 Å². The molecular weight excluding hydrogens is 296 g/mol. The third-order valence-corrected chi connectivity index (χ3v) is 4.27. The van der Waals surface area contributed by atoms with Gasteiger partial charge in [0.1, 0.15) is 5.82 Å². The molecule has 0 spiro atoms. The summed E-state index contributed by atoms with van der Waals surface area (Å²) < 4.78 is 2.40. The first kappa shape index (κ1) is 15.0. The molecule has 2 rings (SSSR count). The van der Waals surface area contributed by atoms with Crippen LogP contribution in [0.2, 0.25) is 4.34 Å². The van der Waals surface area contributed by atoms with Crippen molar-refractivity contribution in [2.24, 2.45) is 7.05 Å². The molecule has 1 amide bonds. The second-order valence-electron chi connectivity index (χ2n) is 4.59. The van der Waals surface area contributed by atoms with Crippen LogP contribution in [0.3, 0.4) is 0 Å². The van der Waals surface area contributed by atoms with Crippen molar-refractivity contribution in [2.45, 2.75) is 19.9 Å². The third kappa shape index (κ3) is 3.82. The van der Waals surface area contributed by atoms with E-state index < -0.39 is 0 Å². The zero-order chi connectivity index (χ0) is 14.7. The lowest BCUT2D eigenvalue weighted by Crippen LogP contribution is -2.30. The van der Waals surface area contributed by atoms with Gasteiger partial charge >= 0.3 is 0 Å². The van der Waals surface area contributed by atoms with Crippen molar-refractivity contribution in [2.75, 3.05) is 11.9 Å². The molecule has 2 N–H and O–H groups in total. The summed E-state index contributed by atoms with van der Waals surface area (Å²) in [6.45, 7) is 4.13. The molecule has 2 heterocycles. The molecule has 0 aromatic carbocycles. The van der Waals surface area contributed by atoms with E-state index in [1.807, 2.05) is 32.0 Å². The van der Waals surface area contributed by atoms with Crippen LogP contribution in [-0.2, 0) is 11.8 Å². The standard InChI is InChI=1S/C13H17ClN4OS/c1-8-6-12(18(3)17-8)16-13(19)7-15-9(2)10-4-5-11(14)20-10/h4-6,9,15H,7H2,1-3H3,(H,16,19). The number of amides is 1. The van der Waals surface area contributed by atoms with Crippen LogP contribution in [0, 0.1) is 6.92 Å². The summed E-state index contributed by atoms with van der Waals surface area (Å²) in [5.41, 5.74) is 0.873. The highest BCUT2D eigenvalue weighted by molar-refractivity contribution is 7.16. The molecule has 1 atom stereocenters. The molecule has 0 fully saturated rings. The predicted molar refractivity (Wildman–Crippen MR) is 82.3 cm³/mol. The smallest absolute Gasteiger partial charge is 0.239 e. The summed E-state index contributed by atoms with van der Waals surface area (Å²) >= 11 is 7.41. The normalized spacial score (nSPS) is 12.4. The largest absolute Gasteiger partial charge is 0.310 e. The van der Waals surface area contributed by atoms with Gasteiger partial charge in [0, 0.05) is 24.0 Å². The van der Waals surface area contributed by atoms with Gasteiger partial charge in [0.25, 0.3) is 0 Å². The first-order chi connectivity index (χ1) is 9.45. The minimum Gasteiger partial charge on any atom is -0.310 e. The number of anilines is 1. The second-order valence-corrected chi connectivity index (χ2v) is 6.33. The molecule has 0 saturated heterocycles. The third-order valence-electron chi connectivity index (χ3n) is 2.86. The van der Waals surface area contributed by atoms with Crippen molar-refractivity contribution in [3.63, 3.8) is 0 Å². The fourth-order valence-corrected chi connectivity index (χ4v) is 2.91. The molecule has 20 heavy (non-hydrogen) atoms. The van der Waals surface area contributed by atoms with Crippen LogP contribution in [0.5, 0.6) is 0 Å². The number of nitrogens with one attached hydrogen (secondary N) is 2. The van der Waals surface area contributed by atoms with Gasteiger partial charge in [0.05, 0.1) is 16.6 Å². The Morgan fingerprint density at radius 2 is 2.30 bits per heavy atom. The molecule has 1 unspecified atom stereocenters. The van der Waals surface area contributed by atoms with Gasteiger partial charge in [0.2, 0.25) is 5.91 Å². The van der Waals surface area contributed by atoms with Crippen molar-refractivity contribution in [3.05, 3.63) is 33.1 Å². The van der Waals surface area contributed by atoms with Gasteiger partial charge in [-0.05, 0) is 26.0 Å². The van der Waals surface area contributed by atoms with Crippen molar-refractivity contribution in [3.8, 4) is 0 Å². The van der Waals surface area contributed by atoms with Crippen molar-refractivity contribution >= 4 is 34.7 Å². The van der Waals surface area contributed by atoms with Crippen LogP contribution < -0.4 is 10.6 Å². The molecule has 0 aliphatic heterocycles. The van der Waals surface area contributed by atoms with Crippen LogP contribution >= 0.6 is 22.9 Å². The van der Waals surface area contributed by atoms with Gasteiger partial charge in [0.15, 0.2) is 0 Å². The maximum atomic E-state index is 11.9. The fraction of sp³-hybridized carbons (Fsp3) is 0.385. The second kappa shape index (κ2) is 6.39. The van der Waals surface area contributed by atoms with Gasteiger partial charge in [-0.3, -0.25) is 9.48 Å². The van der Waals surface area contributed by atoms with Gasteiger partial charge in [-0.2, -0.15) is 5.10 Å². The summed E-state index contributed by atoms with van der Waals surface area (Å²) in [4.78, 5) is 13.0. The average Bonchev–Trinajstić information content (AvgIpc) is 2.93. The molecule has 108 valence electrons. The highest BCUT2D eigenvalue weighted by Gasteiger charge is 2.11. The molecule has 5 nitrogen and oxygen atoms in total. The number of aromatic nitrogens is 2. The summed E-state index contributed by atoms with van der Waals surface area (Å²) in [5.74, 6) is 0.601. The Morgan fingerprint density at radius 1 is 1.55 bits per heavy atom. The number of carbonyl (C=O) groups is 1. The van der Waals surface area contributed by atoms with E-state index in [0.717, 1.165) is 14.9 Å². The summed E-state index contributed by atoms with van der Waals surface area (Å²) in [5, 5.41) is 10.2. The minimum absolute atomic E-state index is 0.0894. The monoisotopic (exact) mass is 312 g/mol. The zero-order valence-electron chi connectivity index (χ0n) is 11.6. The molecule has 0 radical (unpaired) electrons. The maximum absolute atomic E-state index is 11.9. The Hall–Kier alpha value is -1.37. The number of hydrogen-bond donors (Lipinski definition) is 2. The van der Waals surface area contributed by atoms with E-state index in [2.05, 4.69) is 15.7 Å². The highest BCUT2D eigenvalue weighted by Crippen LogP contribution is 2.26. The lowest BCUT2D eigenvalue weighted by molar-refractivity contribution is -0.115. The Balaban J connectivity index is 1.85. The number of rotatable bonds is 5. The number of carbonyl (C=O) groups excluding carboxylic acids is 1. The van der Waals surface area contributed by atoms with Crippen LogP contribution in [0.1, 0.15) is 23.5 Å². The minimum atomic E-state index is -0.0949. The zero-order valence-corrected chi connectivity index (χ0v) is 13.2. The Bertz CT molecular complexity index is 607. The summed E-state index contributed by atoms with van der Waals surface area (Å²) in [6, 6.07) is 5.75. The quantitative estimate of drug-likeness (QED) is 0.892. The number of nitrogens with zero attached hydrogens (tertiary/aromatic N) is 2. The molecular formula is C13H17ClN4OS. The number of hydrogen-bond acceptors (Lipinski definition) is 4. The summed E-state index contributed by atoms with van der Waals surface area (Å²) in [6.07, 6.45) is 0. The van der Waals surface area contributed by atoms with Gasteiger partial charge in [-0.15, -0.1) is 11.3 Å². The van der Waals surface area contributed by atoms with Crippen LogP contribution in [0.15, 0.2) is 18.2 Å². The van der Waals surface area contributed by atoms with Crippen LogP contribution in [0.4, 0.5) is 5.82 Å². The molecule has 2 aromatic heterocycles. The van der Waals surface area contributed by atoms with Crippen molar-refractivity contribution in [1.82, 2.24) is 15.1 Å². The van der Waals surface area contributed by atoms with Crippen LogP contribution in [-0.4, -0.2) is 22.2 Å². The lowest BCUT2D eigenvalue weighted by Gasteiger charge is -2.12. The predicted octanol–water partition coefficient (Wildman–Crippen LogP) is 2.73. The molecule has 0 bridgehead atoms. The number of thiophene rings is 1. The van der Waals surface area contributed by atoms with Crippen molar-refractivity contribution in [1.29, 1.82) is 0 Å². The first-order valence-corrected chi connectivity index (χ1v) is 7.44. The maximum Gasteiger partial charge on any atom is 0.239 e. The Labute approximate surface area is 126 Å². The van der Waals surface area contributed by atoms with E-state index in [-0.39, 0.29) is 18.5 Å². The van der Waals surface area contributed by atoms with Crippen LogP contribution in [0.25, 0.3) is 0 Å². The summed E-state index contributed by atoms with van der Waals surface area (Å²) in [7, 11) is 1.80. The SMILES string of the molecule is Cc1cc(NC(=O)CNC(C)c2ccc(Cl)s2)n(C)n1. The van der Waals surface area contributed by atoms with Gasteiger partial charge in [-0.1, -0.05) is 11.6 Å². The molecule has 2 aromatic rings. The van der Waals surface area contributed by atoms with E-state index in [1.54, 1.807) is 11.7 Å². The van der Waals surface area contributed by atoms with Gasteiger partial charge in [-0.25, -0.2) is 0 Å². The van der Waals surface area contributed by atoms with E-state index in [4.69, 9.17) is 11.6 Å².